The van der Waals surface area contributed by atoms with Crippen LogP contribution in [0.1, 0.15) is 66.7 Å². The lowest BCUT2D eigenvalue weighted by Gasteiger charge is -2.56. The van der Waals surface area contributed by atoms with Gasteiger partial charge in [0.1, 0.15) is 0 Å². The van der Waals surface area contributed by atoms with Crippen LogP contribution in [0.5, 0.6) is 0 Å². The molecule has 2 aliphatic rings. The number of allylic oxidation sites excluding steroid dienone is 3. The van der Waals surface area contributed by atoms with E-state index in [-0.39, 0.29) is 6.61 Å². The van der Waals surface area contributed by atoms with E-state index >= 15 is 0 Å². The van der Waals surface area contributed by atoms with Crippen LogP contribution in [0.25, 0.3) is 0 Å². The van der Waals surface area contributed by atoms with Crippen molar-refractivity contribution in [1.29, 1.82) is 0 Å². The van der Waals surface area contributed by atoms with Crippen LogP contribution in [0.3, 0.4) is 0 Å². The monoisotopic (exact) mass is 290 g/mol. The van der Waals surface area contributed by atoms with E-state index in [0.717, 1.165) is 17.8 Å². The van der Waals surface area contributed by atoms with Gasteiger partial charge in [-0.2, -0.15) is 0 Å². The highest BCUT2D eigenvalue weighted by Gasteiger charge is 2.50. The molecule has 5 atom stereocenters. The molecule has 0 radical (unpaired) electrons. The Labute approximate surface area is 131 Å². The molecule has 1 N–H and O–H groups in total. The van der Waals surface area contributed by atoms with Crippen LogP contribution in [0.15, 0.2) is 23.3 Å². The summed E-state index contributed by atoms with van der Waals surface area (Å²) in [6, 6.07) is 0. The first-order valence-electron chi connectivity index (χ1n) is 8.86. The van der Waals surface area contributed by atoms with Gasteiger partial charge in [-0.05, 0) is 62.2 Å². The van der Waals surface area contributed by atoms with Crippen LogP contribution >= 0.6 is 0 Å². The van der Waals surface area contributed by atoms with Gasteiger partial charge in [-0.3, -0.25) is 0 Å². The molecule has 0 aromatic carbocycles. The van der Waals surface area contributed by atoms with Crippen molar-refractivity contribution in [2.75, 3.05) is 6.61 Å². The van der Waals surface area contributed by atoms with Gasteiger partial charge in [-0.1, -0.05) is 56.9 Å². The van der Waals surface area contributed by atoms with E-state index in [1.165, 1.54) is 43.3 Å². The number of hydrogen-bond acceptors (Lipinski definition) is 1. The van der Waals surface area contributed by atoms with Crippen molar-refractivity contribution in [3.8, 4) is 0 Å². The minimum Gasteiger partial charge on any atom is -0.392 e. The summed E-state index contributed by atoms with van der Waals surface area (Å²) in [7, 11) is 0. The zero-order valence-corrected chi connectivity index (χ0v) is 14.7. The highest BCUT2D eigenvalue weighted by molar-refractivity contribution is 5.25. The second-order valence-corrected chi connectivity index (χ2v) is 8.03. The van der Waals surface area contributed by atoms with E-state index in [2.05, 4.69) is 40.7 Å². The first-order valence-corrected chi connectivity index (χ1v) is 8.86. The highest BCUT2D eigenvalue weighted by Crippen LogP contribution is 2.58. The summed E-state index contributed by atoms with van der Waals surface area (Å²) in [6.45, 7) is 12.1. The second-order valence-electron chi connectivity index (χ2n) is 8.03. The zero-order chi connectivity index (χ0) is 15.6. The van der Waals surface area contributed by atoms with Gasteiger partial charge in [-0.25, -0.2) is 0 Å². The molecular formula is C20H34O. The lowest BCUT2D eigenvalue weighted by atomic mass is 9.49. The molecule has 0 amide bonds. The number of hydrogen-bond donors (Lipinski definition) is 1. The summed E-state index contributed by atoms with van der Waals surface area (Å²) >= 11 is 0. The molecule has 0 aromatic heterocycles. The molecule has 0 aromatic rings. The molecular weight excluding hydrogens is 256 g/mol. The van der Waals surface area contributed by atoms with Crippen molar-refractivity contribution in [2.45, 2.75) is 66.7 Å². The maximum atomic E-state index is 9.08. The Hall–Kier alpha value is -0.560. The lowest BCUT2D eigenvalue weighted by Crippen LogP contribution is -2.48. The molecule has 21 heavy (non-hydrogen) atoms. The summed E-state index contributed by atoms with van der Waals surface area (Å²) < 4.78 is 0. The van der Waals surface area contributed by atoms with Gasteiger partial charge in [0.25, 0.3) is 0 Å². The Morgan fingerprint density at radius 1 is 1.14 bits per heavy atom. The minimum absolute atomic E-state index is 0.146. The Morgan fingerprint density at radius 2 is 1.86 bits per heavy atom. The third kappa shape index (κ3) is 3.28. The second kappa shape index (κ2) is 6.69. The smallest absolute Gasteiger partial charge is 0.0617 e. The molecule has 120 valence electrons. The molecule has 0 bridgehead atoms. The van der Waals surface area contributed by atoms with Crippen molar-refractivity contribution < 1.29 is 5.11 Å². The average Bonchev–Trinajstić information content (AvgIpc) is 2.37. The maximum Gasteiger partial charge on any atom is 0.0617 e. The molecule has 2 saturated carbocycles. The predicted octanol–water partition coefficient (Wildman–Crippen LogP) is 5.36. The van der Waals surface area contributed by atoms with Gasteiger partial charge in [-0.15, -0.1) is 0 Å². The summed E-state index contributed by atoms with van der Waals surface area (Å²) in [6.07, 6.45) is 11.3. The van der Waals surface area contributed by atoms with Crippen LogP contribution in [-0.2, 0) is 0 Å². The van der Waals surface area contributed by atoms with Crippen molar-refractivity contribution in [3.05, 3.63) is 23.3 Å². The van der Waals surface area contributed by atoms with Gasteiger partial charge < -0.3 is 5.11 Å². The number of aliphatic hydroxyl groups excluding tert-OH is 1. The molecule has 0 saturated heterocycles. The Kier molecular flexibility index (Phi) is 5.35. The van der Waals surface area contributed by atoms with Gasteiger partial charge in [0.2, 0.25) is 0 Å². The van der Waals surface area contributed by atoms with Crippen molar-refractivity contribution in [3.63, 3.8) is 0 Å². The van der Waals surface area contributed by atoms with E-state index in [1.54, 1.807) is 0 Å². The minimum atomic E-state index is 0.146. The van der Waals surface area contributed by atoms with Crippen LogP contribution in [0, 0.1) is 29.1 Å². The SMILES string of the molecule is CC(=C\CO)/C=C(\C)C1C(C)CCC2[C@H](C)CCCC12C. The molecule has 0 heterocycles. The van der Waals surface area contributed by atoms with Gasteiger partial charge in [0.05, 0.1) is 6.61 Å². The Morgan fingerprint density at radius 3 is 2.52 bits per heavy atom. The van der Waals surface area contributed by atoms with Gasteiger partial charge in [0, 0.05) is 0 Å². The van der Waals surface area contributed by atoms with Gasteiger partial charge in [0.15, 0.2) is 0 Å². The van der Waals surface area contributed by atoms with Crippen molar-refractivity contribution in [2.24, 2.45) is 29.1 Å². The number of aliphatic hydroxyl groups is 1. The fourth-order valence-corrected chi connectivity index (χ4v) is 5.72. The van der Waals surface area contributed by atoms with E-state index in [0.29, 0.717) is 11.3 Å². The fourth-order valence-electron chi connectivity index (χ4n) is 5.72. The van der Waals surface area contributed by atoms with Crippen LogP contribution in [-0.4, -0.2) is 11.7 Å². The highest BCUT2D eigenvalue weighted by atomic mass is 16.2. The molecule has 1 heteroatoms. The first kappa shape index (κ1) is 16.8. The third-order valence-electron chi connectivity index (χ3n) is 6.48. The molecule has 2 rings (SSSR count). The summed E-state index contributed by atoms with van der Waals surface area (Å²) in [5.41, 5.74) is 3.22. The summed E-state index contributed by atoms with van der Waals surface area (Å²) in [5.74, 6) is 3.29. The molecule has 2 fully saturated rings. The van der Waals surface area contributed by atoms with E-state index < -0.39 is 0 Å². The topological polar surface area (TPSA) is 20.2 Å². The quantitative estimate of drug-likeness (QED) is 0.694. The normalized spacial score (nSPS) is 41.8. The van der Waals surface area contributed by atoms with Crippen LogP contribution in [0.4, 0.5) is 0 Å². The van der Waals surface area contributed by atoms with Crippen molar-refractivity contribution in [1.82, 2.24) is 0 Å². The van der Waals surface area contributed by atoms with E-state index in [1.807, 2.05) is 6.08 Å². The lowest BCUT2D eigenvalue weighted by molar-refractivity contribution is -0.0401. The zero-order valence-electron chi connectivity index (χ0n) is 14.7. The van der Waals surface area contributed by atoms with E-state index in [4.69, 9.17) is 5.11 Å². The fraction of sp³-hybridized carbons (Fsp3) is 0.800. The molecule has 0 aliphatic heterocycles. The van der Waals surface area contributed by atoms with E-state index in [9.17, 15) is 0 Å². The van der Waals surface area contributed by atoms with Crippen LogP contribution < -0.4 is 0 Å². The largest absolute Gasteiger partial charge is 0.392 e. The summed E-state index contributed by atoms with van der Waals surface area (Å²) in [4.78, 5) is 0. The Bertz CT molecular complexity index is 420. The average molecular weight is 290 g/mol. The maximum absolute atomic E-state index is 9.08. The third-order valence-corrected chi connectivity index (χ3v) is 6.48. The standard InChI is InChI=1S/C20H34O/c1-14(10-12-21)13-17(4)19-16(3)8-9-18-15(2)7-6-11-20(18,19)5/h10,13,15-16,18-19,21H,6-9,11-12H2,1-5H3/b14-10+,17-13+/t15-,16?,18?,19?,20?/m1/s1. The number of rotatable bonds is 3. The molecule has 0 spiro atoms. The first-order chi connectivity index (χ1) is 9.90. The molecule has 2 aliphatic carbocycles. The van der Waals surface area contributed by atoms with Crippen LogP contribution in [0.2, 0.25) is 0 Å². The predicted molar refractivity (Wildman–Crippen MR) is 91.1 cm³/mol. The number of fused-ring (bicyclic) bond motifs is 1. The molecule has 1 nitrogen and oxygen atoms in total. The summed E-state index contributed by atoms with van der Waals surface area (Å²) in [5, 5.41) is 9.08. The van der Waals surface area contributed by atoms with Crippen molar-refractivity contribution >= 4 is 0 Å². The van der Waals surface area contributed by atoms with Gasteiger partial charge >= 0.3 is 0 Å². The molecule has 4 unspecified atom stereocenters. The Balaban J connectivity index is 2.32.